The van der Waals surface area contributed by atoms with Gasteiger partial charge >= 0.3 is 0 Å². The molecule has 3 aromatic rings. The molecule has 0 aliphatic carbocycles. The molecule has 1 saturated heterocycles. The molecule has 1 fully saturated rings. The van der Waals surface area contributed by atoms with Gasteiger partial charge in [0.1, 0.15) is 11.7 Å². The number of amides is 4. The largest absolute Gasteiger partial charge is 0.361 e. The van der Waals surface area contributed by atoms with Crippen molar-refractivity contribution in [2.45, 2.75) is 32.4 Å². The van der Waals surface area contributed by atoms with Crippen LogP contribution in [0.15, 0.2) is 59.0 Å². The fourth-order valence-corrected chi connectivity index (χ4v) is 4.41. The minimum atomic E-state index is -1.02. The Bertz CT molecular complexity index is 1410. The summed E-state index contributed by atoms with van der Waals surface area (Å²) in [5.74, 6) is -1.64. The summed E-state index contributed by atoms with van der Waals surface area (Å²) in [7, 11) is 1.62. The lowest BCUT2D eigenvalue weighted by Crippen LogP contribution is -2.54. The summed E-state index contributed by atoms with van der Waals surface area (Å²) in [5, 5.41) is 6.28. The number of carbonyl (C=O) groups is 4. The maximum absolute atomic E-state index is 13.0. The summed E-state index contributed by atoms with van der Waals surface area (Å²) in [6, 6.07) is 8.65. The number of imide groups is 2. The Kier molecular flexibility index (Phi) is 5.88. The molecule has 4 heterocycles. The molecule has 1 unspecified atom stereocenters. The summed E-state index contributed by atoms with van der Waals surface area (Å²) in [6.45, 7) is 2.05. The predicted octanol–water partition coefficient (Wildman–Crippen LogP) is 1.60. The van der Waals surface area contributed by atoms with Gasteiger partial charge < -0.3 is 9.42 Å². The second-order valence-corrected chi connectivity index (χ2v) is 8.59. The van der Waals surface area contributed by atoms with Crippen molar-refractivity contribution in [1.82, 2.24) is 30.2 Å². The van der Waals surface area contributed by atoms with Crippen LogP contribution in [-0.4, -0.2) is 61.6 Å². The normalized spacial score (nSPS) is 17.9. The van der Waals surface area contributed by atoms with E-state index >= 15 is 0 Å². The van der Waals surface area contributed by atoms with E-state index in [2.05, 4.69) is 20.4 Å². The Labute approximate surface area is 205 Å². The number of benzene rings is 1. The lowest BCUT2D eigenvalue weighted by molar-refractivity contribution is -0.150. The number of nitrogens with one attached hydrogen (secondary N) is 1. The van der Waals surface area contributed by atoms with Gasteiger partial charge in [0.2, 0.25) is 23.5 Å². The van der Waals surface area contributed by atoms with E-state index in [0.29, 0.717) is 5.82 Å². The molecule has 5 rings (SSSR count). The van der Waals surface area contributed by atoms with E-state index in [4.69, 9.17) is 4.52 Å². The lowest BCUT2D eigenvalue weighted by atomic mass is 9.97. The third-order valence-electron chi connectivity index (χ3n) is 6.28. The predicted molar refractivity (Wildman–Crippen MR) is 125 cm³/mol. The van der Waals surface area contributed by atoms with Crippen LogP contribution in [-0.2, 0) is 25.7 Å². The van der Waals surface area contributed by atoms with Crippen LogP contribution in [0, 0.1) is 6.92 Å². The minimum Gasteiger partial charge on any atom is -0.361 e. The second-order valence-electron chi connectivity index (χ2n) is 8.59. The Hall–Kier alpha value is -4.67. The maximum Gasteiger partial charge on any atom is 0.277 e. The number of likely N-dealkylation sites (N-methyl/N-ethyl adjacent to an activating group) is 1. The Morgan fingerprint density at radius 1 is 1.11 bits per heavy atom. The molecule has 1 atom stereocenters. The molecule has 2 aliphatic heterocycles. The number of piperidine rings is 1. The summed E-state index contributed by atoms with van der Waals surface area (Å²) in [5.41, 5.74) is 3.91. The van der Waals surface area contributed by atoms with Crippen LogP contribution in [0.2, 0.25) is 0 Å². The van der Waals surface area contributed by atoms with E-state index in [1.54, 1.807) is 19.4 Å². The van der Waals surface area contributed by atoms with Gasteiger partial charge in [0.15, 0.2) is 0 Å². The molecule has 0 saturated carbocycles. The Morgan fingerprint density at radius 3 is 2.61 bits per heavy atom. The highest BCUT2D eigenvalue weighted by molar-refractivity contribution is 6.18. The average Bonchev–Trinajstić information content (AvgIpc) is 3.44. The van der Waals surface area contributed by atoms with Gasteiger partial charge in [0, 0.05) is 37.5 Å². The lowest BCUT2D eigenvalue weighted by Gasteiger charge is -2.29. The third kappa shape index (κ3) is 4.15. The summed E-state index contributed by atoms with van der Waals surface area (Å²) < 4.78 is 5.43. The van der Waals surface area contributed by atoms with Crippen molar-refractivity contribution < 1.29 is 23.7 Å². The van der Waals surface area contributed by atoms with Crippen molar-refractivity contribution in [2.24, 2.45) is 0 Å². The van der Waals surface area contributed by atoms with Gasteiger partial charge in [-0.1, -0.05) is 23.4 Å². The van der Waals surface area contributed by atoms with Crippen LogP contribution in [0.25, 0.3) is 22.5 Å². The number of pyridine rings is 1. The van der Waals surface area contributed by atoms with Gasteiger partial charge in [-0.15, -0.1) is 0 Å². The minimum absolute atomic E-state index is 0.0607. The van der Waals surface area contributed by atoms with E-state index in [1.807, 2.05) is 37.3 Å². The highest BCUT2D eigenvalue weighted by atomic mass is 16.5. The number of nitrogens with zero attached hydrogens (tertiary/aromatic N) is 5. The smallest absolute Gasteiger partial charge is 0.277 e. The molecule has 2 aromatic heterocycles. The molecule has 1 aromatic carbocycles. The van der Waals surface area contributed by atoms with Crippen molar-refractivity contribution in [1.29, 1.82) is 0 Å². The van der Waals surface area contributed by atoms with Crippen LogP contribution < -0.4 is 5.32 Å². The van der Waals surface area contributed by atoms with E-state index in [0.717, 1.165) is 27.2 Å². The first-order valence-corrected chi connectivity index (χ1v) is 11.3. The summed E-state index contributed by atoms with van der Waals surface area (Å²) in [6.07, 6.45) is 4.79. The number of aromatic nitrogens is 3. The van der Waals surface area contributed by atoms with Crippen LogP contribution in [0.4, 0.5) is 0 Å². The SMILES string of the molecule is Cc1c(-c2ccncc2)cccc1-c1noc(CN(C)C2=CC(=O)N(C3CCC(=O)NC3=O)C2=O)n1. The van der Waals surface area contributed by atoms with Crippen molar-refractivity contribution in [2.75, 3.05) is 7.05 Å². The standard InChI is InChI=1S/C25H22N6O5/c1-14-16(15-8-10-26-11-9-15)4-3-5-17(14)23-28-21(36-29-23)13-30(2)19-12-22(33)31(25(19)35)18-6-7-20(32)27-24(18)34/h3-5,8-12,18H,6-7,13H2,1-2H3,(H,27,32,34). The van der Waals surface area contributed by atoms with Crippen LogP contribution in [0.3, 0.4) is 0 Å². The first-order valence-electron chi connectivity index (χ1n) is 11.3. The van der Waals surface area contributed by atoms with Gasteiger partial charge in [-0.3, -0.25) is 34.4 Å². The molecular weight excluding hydrogens is 464 g/mol. The van der Waals surface area contributed by atoms with Crippen molar-refractivity contribution in [3.8, 4) is 22.5 Å². The van der Waals surface area contributed by atoms with E-state index in [9.17, 15) is 19.2 Å². The summed E-state index contributed by atoms with van der Waals surface area (Å²) >= 11 is 0. The summed E-state index contributed by atoms with van der Waals surface area (Å²) in [4.78, 5) is 60.1. The molecule has 0 radical (unpaired) electrons. The molecule has 36 heavy (non-hydrogen) atoms. The molecule has 0 bridgehead atoms. The van der Waals surface area contributed by atoms with Gasteiger partial charge in [-0.2, -0.15) is 4.98 Å². The average molecular weight is 486 g/mol. The number of carbonyl (C=O) groups excluding carboxylic acids is 4. The first-order chi connectivity index (χ1) is 17.3. The fourth-order valence-electron chi connectivity index (χ4n) is 4.41. The van der Waals surface area contributed by atoms with Crippen molar-refractivity contribution in [3.63, 3.8) is 0 Å². The maximum atomic E-state index is 13.0. The van der Waals surface area contributed by atoms with Crippen molar-refractivity contribution in [3.05, 3.63) is 66.0 Å². The molecule has 1 N–H and O–H groups in total. The monoisotopic (exact) mass is 486 g/mol. The first kappa shape index (κ1) is 23.1. The zero-order chi connectivity index (χ0) is 25.4. The van der Waals surface area contributed by atoms with E-state index in [1.165, 1.54) is 11.0 Å². The number of hydrogen-bond acceptors (Lipinski definition) is 9. The second kappa shape index (κ2) is 9.17. The number of hydrogen-bond donors (Lipinski definition) is 1. The molecule has 0 spiro atoms. The van der Waals surface area contributed by atoms with Gasteiger partial charge in [-0.05, 0) is 42.2 Å². The molecule has 4 amide bonds. The molecule has 2 aliphatic rings. The Morgan fingerprint density at radius 2 is 1.86 bits per heavy atom. The number of rotatable bonds is 6. The molecule has 182 valence electrons. The fraction of sp³-hybridized carbons (Fsp3) is 0.240. The highest BCUT2D eigenvalue weighted by Gasteiger charge is 2.43. The Balaban J connectivity index is 1.32. The van der Waals surface area contributed by atoms with Crippen LogP contribution >= 0.6 is 0 Å². The molecule has 11 heteroatoms. The van der Waals surface area contributed by atoms with E-state index in [-0.39, 0.29) is 31.0 Å². The topological polar surface area (TPSA) is 139 Å². The highest BCUT2D eigenvalue weighted by Crippen LogP contribution is 2.30. The zero-order valence-corrected chi connectivity index (χ0v) is 19.6. The third-order valence-corrected chi connectivity index (χ3v) is 6.28. The van der Waals surface area contributed by atoms with Crippen LogP contribution in [0.1, 0.15) is 24.3 Å². The molecular formula is C25H22N6O5. The van der Waals surface area contributed by atoms with Crippen LogP contribution in [0.5, 0.6) is 0 Å². The van der Waals surface area contributed by atoms with Gasteiger partial charge in [0.05, 0.1) is 6.54 Å². The van der Waals surface area contributed by atoms with Gasteiger partial charge in [0.25, 0.3) is 11.8 Å². The van der Waals surface area contributed by atoms with Gasteiger partial charge in [-0.25, -0.2) is 0 Å². The molecule has 11 nitrogen and oxygen atoms in total. The zero-order valence-electron chi connectivity index (χ0n) is 19.6. The van der Waals surface area contributed by atoms with E-state index < -0.39 is 29.7 Å². The van der Waals surface area contributed by atoms with Crippen molar-refractivity contribution >= 4 is 23.6 Å². The quantitative estimate of drug-likeness (QED) is 0.515.